The fraction of sp³-hybridized carbons (Fsp3) is 0.240. The lowest BCUT2D eigenvalue weighted by Crippen LogP contribution is -2.21. The van der Waals surface area contributed by atoms with Crippen molar-refractivity contribution in [3.05, 3.63) is 89.4 Å². The number of benzene rings is 2. The fourth-order valence-corrected chi connectivity index (χ4v) is 4.18. The van der Waals surface area contributed by atoms with Crippen molar-refractivity contribution in [2.24, 2.45) is 0 Å². The molecule has 0 N–H and O–H groups in total. The Morgan fingerprint density at radius 1 is 0.966 bits per heavy atom. The zero-order valence-electron chi connectivity index (χ0n) is 16.7. The van der Waals surface area contributed by atoms with E-state index >= 15 is 0 Å². The molecule has 0 bridgehead atoms. The summed E-state index contributed by atoms with van der Waals surface area (Å²) in [5.74, 6) is 0.829. The van der Waals surface area contributed by atoms with Gasteiger partial charge < -0.3 is 0 Å². The Labute approximate surface area is 170 Å². The molecule has 4 heteroatoms. The number of Topliss-reactive ketones (excluding diaryl/α,β-unsaturated/α-hetero) is 1. The van der Waals surface area contributed by atoms with E-state index in [4.69, 9.17) is 4.98 Å². The van der Waals surface area contributed by atoms with Gasteiger partial charge in [0.05, 0.1) is 17.5 Å². The monoisotopic (exact) mass is 381 g/mol. The summed E-state index contributed by atoms with van der Waals surface area (Å²) in [7, 11) is 0. The Morgan fingerprint density at radius 3 is 2.45 bits per heavy atom. The molecule has 1 unspecified atom stereocenters. The van der Waals surface area contributed by atoms with Gasteiger partial charge in [-0.05, 0) is 34.9 Å². The van der Waals surface area contributed by atoms with Crippen LogP contribution in [0.1, 0.15) is 59.3 Å². The maximum Gasteiger partial charge on any atom is 0.166 e. The second-order valence-corrected chi connectivity index (χ2v) is 8.14. The number of carbonyl (C=O) groups is 1. The standard InChI is InChI=1S/C25H23N3O/c1-16(2)17-8-10-18(11-9-17)20-12-23-22(24(29)13-20)15-28-25(27-23)21(14-26-28)19-6-4-3-5-7-19/h3-11,14-16,20H,12-13H2,1-2H3. The van der Waals surface area contributed by atoms with Gasteiger partial charge in [-0.3, -0.25) is 4.79 Å². The van der Waals surface area contributed by atoms with E-state index in [-0.39, 0.29) is 11.7 Å². The third kappa shape index (κ3) is 3.15. The van der Waals surface area contributed by atoms with Gasteiger partial charge in [-0.15, -0.1) is 0 Å². The predicted molar refractivity (Wildman–Crippen MR) is 114 cm³/mol. The predicted octanol–water partition coefficient (Wildman–Crippen LogP) is 5.43. The highest BCUT2D eigenvalue weighted by Gasteiger charge is 2.28. The molecule has 4 aromatic rings. The average molecular weight is 381 g/mol. The first-order valence-corrected chi connectivity index (χ1v) is 10.2. The molecule has 5 rings (SSSR count). The maximum atomic E-state index is 12.9. The van der Waals surface area contributed by atoms with Crippen LogP contribution in [0.3, 0.4) is 0 Å². The van der Waals surface area contributed by atoms with Crippen molar-refractivity contribution in [2.75, 3.05) is 0 Å². The quantitative estimate of drug-likeness (QED) is 0.475. The molecule has 1 aliphatic rings. The maximum absolute atomic E-state index is 12.9. The zero-order valence-corrected chi connectivity index (χ0v) is 16.7. The summed E-state index contributed by atoms with van der Waals surface area (Å²) >= 11 is 0. The summed E-state index contributed by atoms with van der Waals surface area (Å²) < 4.78 is 1.73. The van der Waals surface area contributed by atoms with Gasteiger partial charge in [0.25, 0.3) is 0 Å². The van der Waals surface area contributed by atoms with Crippen LogP contribution in [0.25, 0.3) is 16.8 Å². The molecule has 1 atom stereocenters. The molecular formula is C25H23N3O. The van der Waals surface area contributed by atoms with E-state index in [1.165, 1.54) is 11.1 Å². The van der Waals surface area contributed by atoms with Crippen molar-refractivity contribution < 1.29 is 4.79 Å². The third-order valence-corrected chi connectivity index (χ3v) is 5.90. The van der Waals surface area contributed by atoms with E-state index in [0.29, 0.717) is 17.9 Å². The first-order chi connectivity index (χ1) is 14.1. The lowest BCUT2D eigenvalue weighted by atomic mass is 9.81. The molecule has 2 heterocycles. The number of carbonyl (C=O) groups excluding carboxylic acids is 1. The van der Waals surface area contributed by atoms with Crippen molar-refractivity contribution in [3.63, 3.8) is 0 Å². The van der Waals surface area contributed by atoms with Crippen molar-refractivity contribution >= 4 is 11.4 Å². The Balaban J connectivity index is 1.54. The first-order valence-electron chi connectivity index (χ1n) is 10.2. The Morgan fingerprint density at radius 2 is 1.72 bits per heavy atom. The van der Waals surface area contributed by atoms with Crippen molar-refractivity contribution in [3.8, 4) is 11.1 Å². The summed E-state index contributed by atoms with van der Waals surface area (Å²) in [6, 6.07) is 18.8. The molecule has 0 fully saturated rings. The molecule has 0 saturated heterocycles. The second-order valence-electron chi connectivity index (χ2n) is 8.14. The zero-order chi connectivity index (χ0) is 20.0. The Hall–Kier alpha value is -3.27. The van der Waals surface area contributed by atoms with Gasteiger partial charge in [0.2, 0.25) is 0 Å². The van der Waals surface area contributed by atoms with Gasteiger partial charge in [0.1, 0.15) is 0 Å². The van der Waals surface area contributed by atoms with Crippen molar-refractivity contribution in [2.45, 2.75) is 38.5 Å². The number of rotatable bonds is 3. The van der Waals surface area contributed by atoms with Crippen LogP contribution >= 0.6 is 0 Å². The summed E-state index contributed by atoms with van der Waals surface area (Å²) in [6.45, 7) is 4.39. The van der Waals surface area contributed by atoms with Crippen LogP contribution in [-0.4, -0.2) is 20.4 Å². The van der Waals surface area contributed by atoms with Crippen molar-refractivity contribution in [1.82, 2.24) is 14.6 Å². The minimum atomic E-state index is 0.148. The minimum Gasteiger partial charge on any atom is -0.294 e. The highest BCUT2D eigenvalue weighted by molar-refractivity contribution is 5.99. The number of aromatic nitrogens is 3. The molecule has 4 nitrogen and oxygen atoms in total. The first kappa shape index (κ1) is 17.8. The van der Waals surface area contributed by atoms with Gasteiger partial charge in [0, 0.05) is 18.2 Å². The number of hydrogen-bond acceptors (Lipinski definition) is 3. The Kier molecular flexibility index (Phi) is 4.27. The molecule has 0 saturated carbocycles. The molecule has 0 radical (unpaired) electrons. The van der Waals surface area contributed by atoms with E-state index in [1.54, 1.807) is 4.52 Å². The largest absolute Gasteiger partial charge is 0.294 e. The van der Waals surface area contributed by atoms with Crippen LogP contribution in [0, 0.1) is 0 Å². The summed E-state index contributed by atoms with van der Waals surface area (Å²) in [6.07, 6.45) is 4.98. The molecule has 1 aliphatic carbocycles. The highest BCUT2D eigenvalue weighted by Crippen LogP contribution is 2.34. The SMILES string of the molecule is CC(C)c1ccc(C2CC(=O)c3cn4ncc(-c5ccccc5)c4nc3C2)cc1. The molecule has 2 aromatic heterocycles. The van der Waals surface area contributed by atoms with E-state index in [0.717, 1.165) is 28.9 Å². The number of fused-ring (bicyclic) bond motifs is 2. The van der Waals surface area contributed by atoms with Crippen LogP contribution in [-0.2, 0) is 6.42 Å². The van der Waals surface area contributed by atoms with Crippen molar-refractivity contribution in [1.29, 1.82) is 0 Å². The minimum absolute atomic E-state index is 0.148. The molecular weight excluding hydrogens is 358 g/mol. The van der Waals surface area contributed by atoms with Gasteiger partial charge in [-0.2, -0.15) is 5.10 Å². The summed E-state index contributed by atoms with van der Waals surface area (Å²) in [4.78, 5) is 17.8. The van der Waals surface area contributed by atoms with E-state index in [1.807, 2.05) is 30.6 Å². The number of ketones is 1. The third-order valence-electron chi connectivity index (χ3n) is 5.90. The normalized spacial score (nSPS) is 16.4. The van der Waals surface area contributed by atoms with E-state index in [2.05, 4.69) is 55.3 Å². The summed E-state index contributed by atoms with van der Waals surface area (Å²) in [5.41, 5.74) is 7.00. The molecule has 0 spiro atoms. The smallest absolute Gasteiger partial charge is 0.166 e. The summed E-state index contributed by atoms with van der Waals surface area (Å²) in [5, 5.41) is 4.44. The number of hydrogen-bond donors (Lipinski definition) is 0. The van der Waals surface area contributed by atoms with Gasteiger partial charge in [0.15, 0.2) is 11.4 Å². The lowest BCUT2D eigenvalue weighted by Gasteiger charge is -2.23. The fourth-order valence-electron chi connectivity index (χ4n) is 4.18. The highest BCUT2D eigenvalue weighted by atomic mass is 16.1. The van der Waals surface area contributed by atoms with Crippen LogP contribution < -0.4 is 0 Å². The average Bonchev–Trinajstić information content (AvgIpc) is 3.16. The lowest BCUT2D eigenvalue weighted by molar-refractivity contribution is 0.0962. The van der Waals surface area contributed by atoms with Crippen LogP contribution in [0.2, 0.25) is 0 Å². The van der Waals surface area contributed by atoms with Gasteiger partial charge in [-0.25, -0.2) is 9.50 Å². The topological polar surface area (TPSA) is 47.3 Å². The second kappa shape index (κ2) is 6.96. The van der Waals surface area contributed by atoms with Crippen LogP contribution in [0.4, 0.5) is 0 Å². The molecule has 2 aromatic carbocycles. The molecule has 144 valence electrons. The van der Waals surface area contributed by atoms with Crippen LogP contribution in [0.5, 0.6) is 0 Å². The van der Waals surface area contributed by atoms with E-state index in [9.17, 15) is 4.79 Å². The van der Waals surface area contributed by atoms with Crippen LogP contribution in [0.15, 0.2) is 67.0 Å². The molecule has 0 amide bonds. The number of nitrogens with zero attached hydrogens (tertiary/aromatic N) is 3. The van der Waals surface area contributed by atoms with Gasteiger partial charge in [-0.1, -0.05) is 68.4 Å². The molecule has 29 heavy (non-hydrogen) atoms. The molecule has 0 aliphatic heterocycles. The van der Waals surface area contributed by atoms with Gasteiger partial charge >= 0.3 is 0 Å². The Bertz CT molecular complexity index is 1190. The van der Waals surface area contributed by atoms with E-state index < -0.39 is 0 Å².